The van der Waals surface area contributed by atoms with Gasteiger partial charge in [0.1, 0.15) is 35.8 Å². The molecule has 8 N–H and O–H groups in total. The normalized spacial score (nSPS) is 23.4. The number of rotatable bonds is 13. The summed E-state index contributed by atoms with van der Waals surface area (Å²) >= 11 is 0. The number of hydrogen-bond donors (Lipinski definition) is 7. The van der Waals surface area contributed by atoms with Crippen molar-refractivity contribution in [3.63, 3.8) is 0 Å². The molecule has 6 aliphatic rings. The van der Waals surface area contributed by atoms with E-state index in [-0.39, 0.29) is 64.7 Å². The van der Waals surface area contributed by atoms with Crippen LogP contribution in [0.2, 0.25) is 0 Å². The van der Waals surface area contributed by atoms with Crippen molar-refractivity contribution in [1.29, 1.82) is 0 Å². The molecule has 9 atom stereocenters. The Labute approximate surface area is 644 Å². The van der Waals surface area contributed by atoms with Crippen molar-refractivity contribution in [1.82, 2.24) is 27.1 Å². The lowest BCUT2D eigenvalue weighted by Crippen LogP contribution is -2.57. The first kappa shape index (κ1) is 84.0. The zero-order valence-electron chi connectivity index (χ0n) is 65.9. The molecule has 3 fully saturated rings. The molecule has 22 nitrogen and oxygen atoms in total. The van der Waals surface area contributed by atoms with E-state index in [4.69, 9.17) is 39.1 Å². The van der Waals surface area contributed by atoms with Gasteiger partial charge in [0.05, 0.1) is 4.90 Å². The minimum absolute atomic E-state index is 0.0189. The highest BCUT2D eigenvalue weighted by Crippen LogP contribution is 2.50. The molecule has 0 heterocycles. The molecule has 6 bridgehead atoms. The van der Waals surface area contributed by atoms with Crippen LogP contribution >= 0.6 is 0 Å². The van der Waals surface area contributed by atoms with Crippen LogP contribution in [0, 0.1) is 24.7 Å². The molecule has 592 valence electrons. The number of hydroxylamine groups is 3. The summed E-state index contributed by atoms with van der Waals surface area (Å²) in [4.78, 5) is 71.7. The van der Waals surface area contributed by atoms with E-state index in [1.807, 2.05) is 119 Å². The molecule has 6 aromatic carbocycles. The highest BCUT2D eigenvalue weighted by Gasteiger charge is 2.49. The molecule has 0 aromatic heterocycles. The SMILES string of the molecule is CC(C)(C)OC(=O)NOc1ccc2c(c1)[C@@]1(C)CCCCC[C@@H](C2)[C@@H]1N.CC(C)(C)OC(=O)NOc1ccc2c(c1)[C@@]1(C)CCCCC[C@@H](C2)[C@@H]1NC(=O)OCc1ccccc1.C[C@@]12CCCCC[C@@H](Cc3ccc(O)cc31)[C@@H]2NC(=O)OCc1ccccc1.Cc1ccc(S(=O)(=O)ONC(=O)OC(C)(C)C)cc1. The molecule has 0 radical (unpaired) electrons. The van der Waals surface area contributed by atoms with Crippen LogP contribution in [-0.4, -0.2) is 78.9 Å². The van der Waals surface area contributed by atoms with E-state index in [1.54, 1.807) is 65.2 Å². The van der Waals surface area contributed by atoms with E-state index in [0.717, 1.165) is 92.9 Å². The number of phenols is 1. The Hall–Kier alpha value is -9.06. The number of nitrogens with one attached hydrogen (secondary N) is 5. The average Bonchev–Trinajstić information content (AvgIpc) is 0.754. The number of alkyl carbamates (subject to hydrolysis) is 2. The Morgan fingerprint density at radius 1 is 0.459 bits per heavy atom. The van der Waals surface area contributed by atoms with E-state index in [2.05, 4.69) is 64.8 Å². The van der Waals surface area contributed by atoms with Gasteiger partial charge in [0, 0.05) is 34.4 Å². The summed E-state index contributed by atoms with van der Waals surface area (Å²) in [6.45, 7) is 24.9. The monoisotopic (exact) mass is 1520 g/mol. The summed E-state index contributed by atoms with van der Waals surface area (Å²) in [7, 11) is -4.04. The Kier molecular flexibility index (Phi) is 28.2. The summed E-state index contributed by atoms with van der Waals surface area (Å²) in [5, 5.41) is 16.6. The summed E-state index contributed by atoms with van der Waals surface area (Å²) < 4.78 is 54.3. The first-order chi connectivity index (χ1) is 51.5. The van der Waals surface area contributed by atoms with Crippen LogP contribution in [0.25, 0.3) is 0 Å². The molecule has 5 amide bonds. The Balaban J connectivity index is 0.000000171. The third-order valence-corrected chi connectivity index (χ3v) is 22.8. The lowest BCUT2D eigenvalue weighted by Gasteiger charge is -2.49. The molecule has 23 heteroatoms. The van der Waals surface area contributed by atoms with Crippen molar-refractivity contribution >= 4 is 40.6 Å². The highest BCUT2D eigenvalue weighted by atomic mass is 32.2. The van der Waals surface area contributed by atoms with Crippen LogP contribution in [0.1, 0.15) is 229 Å². The van der Waals surface area contributed by atoms with Crippen LogP contribution in [-0.2, 0) is 86.8 Å². The van der Waals surface area contributed by atoms with Crippen LogP contribution in [0.5, 0.6) is 17.2 Å². The van der Waals surface area contributed by atoms with Crippen molar-refractivity contribution in [2.45, 2.75) is 275 Å². The number of ether oxygens (including phenoxy) is 5. The van der Waals surface area contributed by atoms with E-state index >= 15 is 0 Å². The van der Waals surface area contributed by atoms with Gasteiger partial charge in [-0.05, 0) is 238 Å². The number of benzene rings is 6. The number of amides is 5. The predicted octanol–water partition coefficient (Wildman–Crippen LogP) is 17.6. The maximum Gasteiger partial charge on any atom is 0.441 e. The van der Waals surface area contributed by atoms with Crippen molar-refractivity contribution < 1.29 is 75.1 Å². The highest BCUT2D eigenvalue weighted by molar-refractivity contribution is 7.86. The molecule has 109 heavy (non-hydrogen) atoms. The molecule has 6 aliphatic carbocycles. The fourth-order valence-electron chi connectivity index (χ4n) is 16.4. The van der Waals surface area contributed by atoms with Crippen molar-refractivity contribution in [2.75, 3.05) is 0 Å². The minimum Gasteiger partial charge on any atom is -0.508 e. The number of aryl methyl sites for hydroxylation is 1. The number of hydrogen-bond acceptors (Lipinski definition) is 17. The summed E-state index contributed by atoms with van der Waals surface area (Å²) in [6.07, 6.45) is 17.1. The second-order valence-corrected chi connectivity index (χ2v) is 35.2. The molecular formula is C86H116N6O16S. The quantitative estimate of drug-likeness (QED) is 0.0417. The van der Waals surface area contributed by atoms with Gasteiger partial charge < -0.3 is 54.8 Å². The molecule has 0 unspecified atom stereocenters. The maximum absolute atomic E-state index is 12.9. The largest absolute Gasteiger partial charge is 0.508 e. The average molecular weight is 1520 g/mol. The standard InChI is InChI=1S/C29H38N2O5.C24H29NO3.C21H32N2O3.C12H17NO5S/c1-28(2,3)35-27(33)31-36-23-15-14-21-17-22-13-9-6-10-16-29(4,24(21)18-23)25(22)30-26(32)34-19-20-11-7-5-8-12-20;1-24-13-7-3-6-10-19(14-18-11-12-20(26)15-21(18)24)22(24)25-23(27)28-16-17-8-4-2-5-9-17;1-20(2,3)25-19(24)23-26-16-10-9-14-12-15-8-6-5-7-11-21(4,18(15)22)17(14)13-16;1-9-5-7-10(8-6-9)19(15,16)18-13-11(14)17-12(2,3)4/h5,7-8,11-12,14-15,18,22,25H,6,9-10,13,16-17,19H2,1-4H3,(H,30,32)(H,31,33);2,4-5,8-9,11-12,15,19,22,26H,3,6-7,10,13-14,16H2,1H3,(H,25,27);9-10,13,15,18H,5-8,11-12,22H2,1-4H3,(H,23,24);5-8H,1-4H3,(H,13,14)/t22-,25-,29+;19-,22-,24+;15-,18-,21+;/m000./s1. The van der Waals surface area contributed by atoms with Crippen molar-refractivity contribution in [3.8, 4) is 17.2 Å². The number of nitrogens with two attached hydrogens (primary N) is 1. The molecule has 6 aromatic rings. The molecule has 3 saturated carbocycles. The third-order valence-electron chi connectivity index (χ3n) is 21.6. The van der Waals surface area contributed by atoms with Gasteiger partial charge in [-0.3, -0.25) is 0 Å². The summed E-state index contributed by atoms with van der Waals surface area (Å²) in [5.74, 6) is 2.73. The van der Waals surface area contributed by atoms with Crippen LogP contribution in [0.3, 0.4) is 0 Å². The summed E-state index contributed by atoms with van der Waals surface area (Å²) in [6, 6.07) is 43.4. The minimum atomic E-state index is -4.04. The van der Waals surface area contributed by atoms with Gasteiger partial charge in [-0.2, -0.15) is 24.9 Å². The second kappa shape index (κ2) is 36.6. The van der Waals surface area contributed by atoms with Crippen molar-refractivity contribution in [3.05, 3.63) is 190 Å². The van der Waals surface area contributed by atoms with E-state index in [0.29, 0.717) is 35.0 Å². The topological polar surface area (TPSA) is 300 Å². The molecule has 0 saturated heterocycles. The first-order valence-corrected chi connectivity index (χ1v) is 40.0. The number of carbonyl (C=O) groups is 5. The Bertz CT molecular complexity index is 4160. The molecular weight excluding hydrogens is 1410 g/mol. The van der Waals surface area contributed by atoms with Gasteiger partial charge in [-0.15, -0.1) is 4.28 Å². The molecule has 12 rings (SSSR count). The van der Waals surface area contributed by atoms with Gasteiger partial charge in [-0.1, -0.05) is 175 Å². The fourth-order valence-corrected chi connectivity index (χ4v) is 17.2. The van der Waals surface area contributed by atoms with Gasteiger partial charge in [0.25, 0.3) is 0 Å². The fraction of sp³-hybridized carbons (Fsp3) is 0.523. The van der Waals surface area contributed by atoms with Crippen LogP contribution in [0.15, 0.2) is 144 Å². The third kappa shape index (κ3) is 23.7. The lowest BCUT2D eigenvalue weighted by molar-refractivity contribution is 0.0278. The van der Waals surface area contributed by atoms with E-state index in [1.165, 1.54) is 84.9 Å². The van der Waals surface area contributed by atoms with E-state index < -0.39 is 45.2 Å². The van der Waals surface area contributed by atoms with Crippen LogP contribution in [0.4, 0.5) is 24.0 Å². The first-order valence-electron chi connectivity index (χ1n) is 38.6. The lowest BCUT2D eigenvalue weighted by atomic mass is 9.59. The van der Waals surface area contributed by atoms with Crippen LogP contribution < -0.4 is 42.5 Å². The Morgan fingerprint density at radius 2 is 0.835 bits per heavy atom. The number of aromatic hydroxyl groups is 1. The Morgan fingerprint density at radius 3 is 1.27 bits per heavy atom. The zero-order chi connectivity index (χ0) is 79.0. The number of phenolic OH excluding ortho intramolecular Hbond substituents is 1. The number of fused-ring (bicyclic) bond motifs is 12. The predicted molar refractivity (Wildman–Crippen MR) is 418 cm³/mol. The molecule has 0 aliphatic heterocycles. The van der Waals surface area contributed by atoms with Gasteiger partial charge in [0.15, 0.2) is 11.5 Å². The summed E-state index contributed by atoms with van der Waals surface area (Å²) in [5.41, 5.74) is 21.2. The van der Waals surface area contributed by atoms with E-state index in [9.17, 15) is 37.5 Å². The van der Waals surface area contributed by atoms with Crippen molar-refractivity contribution in [2.24, 2.45) is 23.5 Å². The van der Waals surface area contributed by atoms with Gasteiger partial charge in [-0.25, -0.2) is 24.0 Å². The second-order valence-electron chi connectivity index (χ2n) is 33.7. The maximum atomic E-state index is 12.9. The molecule has 0 spiro atoms. The zero-order valence-corrected chi connectivity index (χ0v) is 66.8. The number of carbonyl (C=O) groups excluding carboxylic acids is 5. The van der Waals surface area contributed by atoms with Gasteiger partial charge >= 0.3 is 40.6 Å². The van der Waals surface area contributed by atoms with Gasteiger partial charge in [0.2, 0.25) is 0 Å². The smallest absolute Gasteiger partial charge is 0.441 e.